The van der Waals surface area contributed by atoms with Crippen molar-refractivity contribution in [3.05, 3.63) is 59.9 Å². The third-order valence-electron chi connectivity index (χ3n) is 2.89. The number of ether oxygens (including phenoxy) is 2. The number of hydrogen-bond acceptors (Lipinski definition) is 5. The van der Waals surface area contributed by atoms with Crippen molar-refractivity contribution in [1.82, 2.24) is 10.9 Å². The van der Waals surface area contributed by atoms with Crippen LogP contribution in [0.5, 0.6) is 11.5 Å². The van der Waals surface area contributed by atoms with Gasteiger partial charge in [0.05, 0.1) is 5.56 Å². The zero-order valence-corrected chi connectivity index (χ0v) is 13.0. The summed E-state index contributed by atoms with van der Waals surface area (Å²) in [4.78, 5) is 23.2. The van der Waals surface area contributed by atoms with Crippen LogP contribution in [0.4, 0.5) is 4.39 Å². The summed E-state index contributed by atoms with van der Waals surface area (Å²) < 4.78 is 23.1. The van der Waals surface area contributed by atoms with Crippen LogP contribution in [0.15, 0.2) is 48.5 Å². The van der Waals surface area contributed by atoms with Gasteiger partial charge in [0.15, 0.2) is 13.2 Å². The molecule has 7 nitrogen and oxygen atoms in total. The highest BCUT2D eigenvalue weighted by Crippen LogP contribution is 2.16. The Bertz CT molecular complexity index is 787. The van der Waals surface area contributed by atoms with Gasteiger partial charge in [-0.15, -0.1) is 0 Å². The Morgan fingerprint density at radius 1 is 0.960 bits per heavy atom. The van der Waals surface area contributed by atoms with Gasteiger partial charge < -0.3 is 9.47 Å². The molecular formula is C17H14FN3O4. The molecule has 2 aromatic rings. The van der Waals surface area contributed by atoms with E-state index in [-0.39, 0.29) is 19.0 Å². The normalized spacial score (nSPS) is 9.60. The lowest BCUT2D eigenvalue weighted by molar-refractivity contribution is -0.131. The first kappa shape index (κ1) is 17.7. The molecule has 0 spiro atoms. The lowest BCUT2D eigenvalue weighted by Crippen LogP contribution is -2.45. The first-order valence-corrected chi connectivity index (χ1v) is 7.16. The Labute approximate surface area is 142 Å². The van der Waals surface area contributed by atoms with E-state index < -0.39 is 17.6 Å². The Kier molecular flexibility index (Phi) is 6.31. The molecule has 128 valence electrons. The summed E-state index contributed by atoms with van der Waals surface area (Å²) >= 11 is 0. The number of hydrogen-bond donors (Lipinski definition) is 2. The maximum atomic E-state index is 12.7. The largest absolute Gasteiger partial charge is 0.484 e. The predicted octanol–water partition coefficient (Wildman–Crippen LogP) is 1.30. The highest BCUT2D eigenvalue weighted by Gasteiger charge is 2.08. The molecule has 2 N–H and O–H groups in total. The van der Waals surface area contributed by atoms with Crippen molar-refractivity contribution in [2.24, 2.45) is 0 Å². The van der Waals surface area contributed by atoms with Gasteiger partial charge in [-0.2, -0.15) is 5.26 Å². The zero-order valence-electron chi connectivity index (χ0n) is 13.0. The van der Waals surface area contributed by atoms with Crippen LogP contribution in [0, 0.1) is 17.1 Å². The molecule has 0 aliphatic rings. The predicted molar refractivity (Wildman–Crippen MR) is 84.8 cm³/mol. The van der Waals surface area contributed by atoms with Crippen molar-refractivity contribution < 1.29 is 23.5 Å². The molecule has 0 aliphatic carbocycles. The van der Waals surface area contributed by atoms with Crippen LogP contribution in [0.1, 0.15) is 5.56 Å². The van der Waals surface area contributed by atoms with E-state index in [9.17, 15) is 14.0 Å². The summed E-state index contributed by atoms with van der Waals surface area (Å²) in [6.45, 7) is -0.734. The van der Waals surface area contributed by atoms with Gasteiger partial charge in [0.25, 0.3) is 11.8 Å². The molecule has 0 radical (unpaired) electrons. The van der Waals surface area contributed by atoms with Crippen LogP contribution >= 0.6 is 0 Å². The smallest absolute Gasteiger partial charge is 0.276 e. The lowest BCUT2D eigenvalue weighted by Gasteiger charge is -2.10. The third kappa shape index (κ3) is 5.84. The lowest BCUT2D eigenvalue weighted by atomic mass is 10.2. The number of para-hydroxylation sites is 1. The summed E-state index contributed by atoms with van der Waals surface area (Å²) in [6.07, 6.45) is 0. The van der Waals surface area contributed by atoms with E-state index in [1.54, 1.807) is 24.3 Å². The summed E-state index contributed by atoms with van der Waals surface area (Å²) in [5, 5.41) is 8.91. The minimum absolute atomic E-state index is 0.270. The fourth-order valence-electron chi connectivity index (χ4n) is 1.72. The number of nitriles is 1. The van der Waals surface area contributed by atoms with Crippen molar-refractivity contribution in [2.75, 3.05) is 13.2 Å². The van der Waals surface area contributed by atoms with Crippen LogP contribution in [-0.4, -0.2) is 25.0 Å². The Morgan fingerprint density at radius 3 is 2.20 bits per heavy atom. The number of benzene rings is 2. The first-order chi connectivity index (χ1) is 12.1. The Balaban J connectivity index is 1.69. The van der Waals surface area contributed by atoms with Crippen molar-refractivity contribution in [3.63, 3.8) is 0 Å². The second-order valence-electron chi connectivity index (χ2n) is 4.74. The molecule has 0 heterocycles. The molecule has 2 rings (SSSR count). The average Bonchev–Trinajstić information content (AvgIpc) is 2.64. The van der Waals surface area contributed by atoms with Crippen LogP contribution in [0.3, 0.4) is 0 Å². The van der Waals surface area contributed by atoms with E-state index in [2.05, 4.69) is 10.9 Å². The molecule has 0 aliphatic heterocycles. The second-order valence-corrected chi connectivity index (χ2v) is 4.74. The van der Waals surface area contributed by atoms with Gasteiger partial charge >= 0.3 is 0 Å². The number of hydrazine groups is 1. The van der Waals surface area contributed by atoms with E-state index in [1.807, 2.05) is 6.07 Å². The van der Waals surface area contributed by atoms with E-state index in [0.29, 0.717) is 11.3 Å². The zero-order chi connectivity index (χ0) is 18.1. The number of halogens is 1. The van der Waals surface area contributed by atoms with Crippen molar-refractivity contribution in [3.8, 4) is 17.6 Å². The van der Waals surface area contributed by atoms with Crippen molar-refractivity contribution in [2.45, 2.75) is 0 Å². The molecule has 0 unspecified atom stereocenters. The number of nitrogens with zero attached hydrogens (tertiary/aromatic N) is 1. The molecule has 0 atom stereocenters. The van der Waals surface area contributed by atoms with Crippen molar-refractivity contribution >= 4 is 11.8 Å². The Morgan fingerprint density at radius 2 is 1.56 bits per heavy atom. The fourth-order valence-corrected chi connectivity index (χ4v) is 1.72. The molecule has 0 aromatic heterocycles. The van der Waals surface area contributed by atoms with Gasteiger partial charge in [0, 0.05) is 0 Å². The quantitative estimate of drug-likeness (QED) is 0.770. The first-order valence-electron chi connectivity index (χ1n) is 7.16. The van der Waals surface area contributed by atoms with E-state index in [4.69, 9.17) is 14.7 Å². The number of nitrogens with one attached hydrogen (secondary N) is 2. The van der Waals surface area contributed by atoms with Gasteiger partial charge in [-0.3, -0.25) is 20.4 Å². The molecule has 0 bridgehead atoms. The molecular weight excluding hydrogens is 329 g/mol. The molecule has 0 saturated carbocycles. The molecule has 8 heteroatoms. The monoisotopic (exact) mass is 343 g/mol. The maximum absolute atomic E-state index is 12.7. The van der Waals surface area contributed by atoms with E-state index in [1.165, 1.54) is 24.3 Å². The van der Waals surface area contributed by atoms with Crippen LogP contribution < -0.4 is 20.3 Å². The molecule has 2 amide bonds. The SMILES string of the molecule is N#Cc1ccccc1OCC(=O)NNC(=O)COc1ccc(F)cc1. The van der Waals surface area contributed by atoms with E-state index in [0.717, 1.165) is 0 Å². The summed E-state index contributed by atoms with van der Waals surface area (Å²) in [5.74, 6) is -1.04. The molecule has 0 saturated heterocycles. The third-order valence-corrected chi connectivity index (χ3v) is 2.89. The maximum Gasteiger partial charge on any atom is 0.276 e. The molecule has 0 fully saturated rings. The van der Waals surface area contributed by atoms with Crippen LogP contribution in [-0.2, 0) is 9.59 Å². The molecule has 25 heavy (non-hydrogen) atoms. The average molecular weight is 343 g/mol. The van der Waals surface area contributed by atoms with Crippen molar-refractivity contribution in [1.29, 1.82) is 5.26 Å². The number of amides is 2. The number of rotatable bonds is 6. The standard InChI is InChI=1S/C17H14FN3O4/c18-13-5-7-14(8-6-13)24-10-16(22)20-21-17(23)11-25-15-4-2-1-3-12(15)9-19/h1-8H,10-11H2,(H,20,22)(H,21,23). The van der Waals surface area contributed by atoms with Gasteiger partial charge in [-0.05, 0) is 36.4 Å². The summed E-state index contributed by atoms with van der Waals surface area (Å²) in [6, 6.07) is 13.5. The highest BCUT2D eigenvalue weighted by molar-refractivity contribution is 5.83. The number of carbonyl (C=O) groups excluding carboxylic acids is 2. The summed E-state index contributed by atoms with van der Waals surface area (Å²) in [7, 11) is 0. The minimum Gasteiger partial charge on any atom is -0.484 e. The van der Waals surface area contributed by atoms with Crippen LogP contribution in [0.2, 0.25) is 0 Å². The van der Waals surface area contributed by atoms with Crippen LogP contribution in [0.25, 0.3) is 0 Å². The van der Waals surface area contributed by atoms with Gasteiger partial charge in [-0.25, -0.2) is 4.39 Å². The van der Waals surface area contributed by atoms with Gasteiger partial charge in [0.1, 0.15) is 23.4 Å². The van der Waals surface area contributed by atoms with Gasteiger partial charge in [-0.1, -0.05) is 12.1 Å². The summed E-state index contributed by atoms with van der Waals surface area (Å²) in [5.41, 5.74) is 4.59. The highest BCUT2D eigenvalue weighted by atomic mass is 19.1. The van der Waals surface area contributed by atoms with Gasteiger partial charge in [0.2, 0.25) is 0 Å². The molecule has 2 aromatic carbocycles. The van der Waals surface area contributed by atoms with E-state index >= 15 is 0 Å². The fraction of sp³-hybridized carbons (Fsp3) is 0.118. The second kappa shape index (κ2) is 8.88. The minimum atomic E-state index is -0.608. The topological polar surface area (TPSA) is 100 Å². The number of carbonyl (C=O) groups is 2. The Hall–Kier alpha value is -3.60.